The first-order chi connectivity index (χ1) is 27.9. The minimum absolute atomic E-state index is 0.00947. The Labute approximate surface area is 342 Å². The van der Waals surface area contributed by atoms with Crippen LogP contribution in [0.5, 0.6) is 5.75 Å². The SMILES string of the molecule is CCCCCC(=O)N[C@@H](c1ccccc1)[C@@H](O)C(=O)O[C@@H]1C(C)=C2[C@@H](O)C(=O)[C@@]3(C)C([C@H](Oc4ccccc4)[C@@]4(OC(=O)O[C@@H]14)C2(C)C)[C@]1(OC(C)=O)COC1C[C@@H]3O. The number of nitrogens with one attached hydrogen (secondary N) is 1. The number of aliphatic hydroxyl groups is 3. The molecule has 2 bridgehead atoms. The van der Waals surface area contributed by atoms with E-state index < -0.39 is 107 Å². The van der Waals surface area contributed by atoms with Crippen molar-refractivity contribution in [2.45, 2.75) is 134 Å². The van der Waals surface area contributed by atoms with Crippen LogP contribution in [0, 0.1) is 16.7 Å². The molecule has 2 saturated heterocycles. The molecule has 4 fully saturated rings. The molecule has 5 aliphatic rings. The maximum absolute atomic E-state index is 15.1. The molecule has 2 aliphatic heterocycles. The summed E-state index contributed by atoms with van der Waals surface area (Å²) in [6.45, 7) is 9.23. The lowest BCUT2D eigenvalue weighted by Crippen LogP contribution is -2.83. The average Bonchev–Trinajstić information content (AvgIpc) is 3.56. The van der Waals surface area contributed by atoms with Crippen molar-refractivity contribution in [2.24, 2.45) is 16.7 Å². The smallest absolute Gasteiger partial charge is 0.486 e. The van der Waals surface area contributed by atoms with E-state index in [0.29, 0.717) is 12.0 Å². The van der Waals surface area contributed by atoms with Gasteiger partial charge in [-0.3, -0.25) is 14.4 Å². The third kappa shape index (κ3) is 6.61. The number of esters is 2. The minimum atomic E-state index is -2.10. The van der Waals surface area contributed by atoms with Gasteiger partial charge in [-0.1, -0.05) is 82.1 Å². The highest BCUT2D eigenvalue weighted by Crippen LogP contribution is 2.66. The first-order valence-corrected chi connectivity index (χ1v) is 20.2. The summed E-state index contributed by atoms with van der Waals surface area (Å²) >= 11 is 0. The third-order valence-electron chi connectivity index (χ3n) is 13.4. The summed E-state index contributed by atoms with van der Waals surface area (Å²) < 4.78 is 37.4. The molecular formula is C44H53NO14. The van der Waals surface area contributed by atoms with Crippen LogP contribution in [0.25, 0.3) is 0 Å². The van der Waals surface area contributed by atoms with E-state index in [0.717, 1.165) is 12.8 Å². The number of ether oxygens (including phenoxy) is 6. The molecule has 4 N–H and O–H groups in total. The molecular weight excluding hydrogens is 766 g/mol. The number of hydrogen-bond donors (Lipinski definition) is 4. The molecule has 0 radical (unpaired) electrons. The Kier molecular flexibility index (Phi) is 11.2. The summed E-state index contributed by atoms with van der Waals surface area (Å²) in [5.74, 6) is -4.30. The summed E-state index contributed by atoms with van der Waals surface area (Å²) in [5, 5.41) is 38.9. The Morgan fingerprint density at radius 1 is 0.983 bits per heavy atom. The fourth-order valence-electron chi connectivity index (χ4n) is 10.5. The van der Waals surface area contributed by atoms with Crippen molar-refractivity contribution in [3.8, 4) is 5.75 Å². The Balaban J connectivity index is 1.40. The number of unbranched alkanes of at least 4 members (excludes halogenated alkanes) is 2. The second kappa shape index (κ2) is 15.6. The van der Waals surface area contributed by atoms with Gasteiger partial charge in [0, 0.05) is 25.2 Å². The standard InChI is InChI=1S/C44H53NO14/c1-7-8-11-20-29(48)45-31(25-16-12-9-13-17-25)33(50)39(52)56-34-23(2)30-32(49)36(51)42(6)27(47)21-28-43(22-54-28,58-24(3)46)35(42)38(55-26-18-14-10-15-19-26)44(41(30,4)5)37(34)57-40(53)59-44/h9-10,12-19,27-28,31-35,37-38,47,49-50H,7-8,11,20-22H2,1-6H3,(H,45,48)/t27-,28?,31-,32+,33+,34+,35?,37-,38-,42+,43-,44+/m0/s1. The van der Waals surface area contributed by atoms with Gasteiger partial charge in [-0.15, -0.1) is 0 Å². The van der Waals surface area contributed by atoms with Crippen molar-refractivity contribution in [2.75, 3.05) is 6.61 Å². The van der Waals surface area contributed by atoms with Crippen LogP contribution >= 0.6 is 0 Å². The number of Topliss-reactive ketones (excluding diaryl/α,β-unsaturated/α-hetero) is 1. The van der Waals surface area contributed by atoms with Crippen LogP contribution in [0.1, 0.15) is 85.3 Å². The lowest BCUT2D eigenvalue weighted by molar-refractivity contribution is -0.343. The van der Waals surface area contributed by atoms with Crippen LogP contribution in [0.15, 0.2) is 71.8 Å². The predicted molar refractivity (Wildman–Crippen MR) is 206 cm³/mol. The largest absolute Gasteiger partial charge is 0.509 e. The van der Waals surface area contributed by atoms with Gasteiger partial charge in [0.05, 0.1) is 30.1 Å². The van der Waals surface area contributed by atoms with Crippen LogP contribution in [0.2, 0.25) is 0 Å². The number of fused-ring (bicyclic) bond motifs is 4. The topological polar surface area (TPSA) is 213 Å². The first-order valence-electron chi connectivity index (χ1n) is 20.2. The highest BCUT2D eigenvalue weighted by molar-refractivity contribution is 5.94. The van der Waals surface area contributed by atoms with E-state index in [4.69, 9.17) is 28.4 Å². The quantitative estimate of drug-likeness (QED) is 0.104. The molecule has 1 spiro atoms. The molecule has 2 unspecified atom stereocenters. The highest BCUT2D eigenvalue weighted by atomic mass is 16.8. The van der Waals surface area contributed by atoms with Gasteiger partial charge in [0.15, 0.2) is 35.8 Å². The molecule has 3 aliphatic carbocycles. The second-order valence-corrected chi connectivity index (χ2v) is 17.1. The van der Waals surface area contributed by atoms with E-state index in [2.05, 4.69) is 5.32 Å². The van der Waals surface area contributed by atoms with Crippen LogP contribution in [-0.2, 0) is 42.9 Å². The summed E-state index contributed by atoms with van der Waals surface area (Å²) in [7, 11) is 0. The molecule has 0 aromatic heterocycles. The van der Waals surface area contributed by atoms with E-state index in [-0.39, 0.29) is 36.3 Å². The van der Waals surface area contributed by atoms with Crippen LogP contribution in [-0.4, -0.2) is 106 Å². The fourth-order valence-corrected chi connectivity index (χ4v) is 10.5. The lowest BCUT2D eigenvalue weighted by atomic mass is 9.44. The average molecular weight is 820 g/mol. The molecule has 15 nitrogen and oxygen atoms in total. The van der Waals surface area contributed by atoms with Crippen LogP contribution in [0.4, 0.5) is 4.79 Å². The van der Waals surface area contributed by atoms with E-state index in [1.165, 1.54) is 20.8 Å². The van der Waals surface area contributed by atoms with Gasteiger partial charge < -0.3 is 49.1 Å². The Bertz CT molecular complexity index is 2000. The number of hydrogen-bond acceptors (Lipinski definition) is 14. The first kappa shape index (κ1) is 42.3. The summed E-state index contributed by atoms with van der Waals surface area (Å²) in [5.41, 5.74) is -6.69. The van der Waals surface area contributed by atoms with Crippen molar-refractivity contribution in [1.82, 2.24) is 5.32 Å². The van der Waals surface area contributed by atoms with E-state index in [1.54, 1.807) is 74.5 Å². The molecule has 2 aromatic rings. The zero-order chi connectivity index (χ0) is 42.7. The number of carbonyl (C=O) groups excluding carboxylic acids is 5. The van der Waals surface area contributed by atoms with Gasteiger partial charge in [0.2, 0.25) is 11.5 Å². The van der Waals surface area contributed by atoms with Gasteiger partial charge in [-0.2, -0.15) is 0 Å². The number of para-hydroxylation sites is 1. The monoisotopic (exact) mass is 819 g/mol. The van der Waals surface area contributed by atoms with Gasteiger partial charge >= 0.3 is 18.1 Å². The zero-order valence-corrected chi connectivity index (χ0v) is 34.0. The Morgan fingerprint density at radius 2 is 1.64 bits per heavy atom. The van der Waals surface area contributed by atoms with Gasteiger partial charge in [0.25, 0.3) is 0 Å². The number of amides is 1. The fraction of sp³-hybridized carbons (Fsp3) is 0.568. The molecule has 12 atom stereocenters. The highest BCUT2D eigenvalue weighted by Gasteiger charge is 2.82. The van der Waals surface area contributed by atoms with Crippen LogP contribution < -0.4 is 10.1 Å². The maximum atomic E-state index is 15.1. The van der Waals surface area contributed by atoms with Crippen molar-refractivity contribution >= 4 is 29.8 Å². The van der Waals surface area contributed by atoms with Gasteiger partial charge in [-0.25, -0.2) is 9.59 Å². The van der Waals surface area contributed by atoms with E-state index >= 15 is 4.79 Å². The number of benzene rings is 2. The Hall–Kier alpha value is -4.83. The predicted octanol–water partition coefficient (Wildman–Crippen LogP) is 3.81. The molecule has 1 amide bonds. The van der Waals surface area contributed by atoms with Gasteiger partial charge in [0.1, 0.15) is 18.0 Å². The molecule has 59 heavy (non-hydrogen) atoms. The third-order valence-corrected chi connectivity index (χ3v) is 13.4. The van der Waals surface area contributed by atoms with Crippen molar-refractivity contribution in [1.29, 1.82) is 0 Å². The molecule has 2 saturated carbocycles. The molecule has 2 aromatic carbocycles. The zero-order valence-electron chi connectivity index (χ0n) is 34.0. The molecule has 7 rings (SSSR count). The maximum Gasteiger partial charge on any atom is 0.509 e. The number of rotatable bonds is 12. The van der Waals surface area contributed by atoms with E-state index in [1.807, 2.05) is 6.92 Å². The number of aliphatic hydroxyl groups excluding tert-OH is 3. The summed E-state index contributed by atoms with van der Waals surface area (Å²) in [4.78, 5) is 69.3. The van der Waals surface area contributed by atoms with E-state index in [9.17, 15) is 34.5 Å². The van der Waals surface area contributed by atoms with Crippen LogP contribution in [0.3, 0.4) is 0 Å². The molecule has 15 heteroatoms. The second-order valence-electron chi connectivity index (χ2n) is 17.1. The normalized spacial score (nSPS) is 35.1. The van der Waals surface area contributed by atoms with Crippen molar-refractivity contribution < 1.29 is 67.7 Å². The van der Waals surface area contributed by atoms with Gasteiger partial charge in [-0.05, 0) is 49.1 Å². The lowest BCUT2D eigenvalue weighted by Gasteiger charge is -2.67. The molecule has 2 heterocycles. The summed E-state index contributed by atoms with van der Waals surface area (Å²) in [6, 6.07) is 15.6. The number of ketones is 1. The minimum Gasteiger partial charge on any atom is -0.486 e. The summed E-state index contributed by atoms with van der Waals surface area (Å²) in [6.07, 6.45) is -9.98. The molecule has 318 valence electrons. The number of carbonyl (C=O) groups is 5. The van der Waals surface area contributed by atoms with Crippen molar-refractivity contribution in [3.05, 3.63) is 77.4 Å². The van der Waals surface area contributed by atoms with Crippen molar-refractivity contribution in [3.63, 3.8) is 0 Å². The Morgan fingerprint density at radius 3 is 2.25 bits per heavy atom.